The summed E-state index contributed by atoms with van der Waals surface area (Å²) < 4.78 is 2.17. The van der Waals surface area contributed by atoms with Gasteiger partial charge in [-0.2, -0.15) is 0 Å². The summed E-state index contributed by atoms with van der Waals surface area (Å²) in [7, 11) is 0. The van der Waals surface area contributed by atoms with Gasteiger partial charge in [-0.1, -0.05) is 32.9 Å². The summed E-state index contributed by atoms with van der Waals surface area (Å²) in [5, 5.41) is 0.696. The van der Waals surface area contributed by atoms with Gasteiger partial charge >= 0.3 is 0 Å². The van der Waals surface area contributed by atoms with Crippen molar-refractivity contribution in [1.29, 1.82) is 0 Å². The topological polar surface area (TPSA) is 37.8 Å². The Morgan fingerprint density at radius 3 is 2.61 bits per heavy atom. The SMILES string of the molecule is CC(C)C(C)Cn1c(=S)[nH]c2ccccc2c1=O. The number of fused-ring (bicyclic) bond motifs is 1. The summed E-state index contributed by atoms with van der Waals surface area (Å²) in [6.07, 6.45) is 0. The van der Waals surface area contributed by atoms with Gasteiger partial charge in [-0.15, -0.1) is 0 Å². The Kier molecular flexibility index (Phi) is 3.66. The predicted octanol–water partition coefficient (Wildman–Crippen LogP) is 3.35. The van der Waals surface area contributed by atoms with Gasteiger partial charge in [0.1, 0.15) is 0 Å². The molecule has 0 amide bonds. The molecule has 1 aromatic carbocycles. The summed E-state index contributed by atoms with van der Waals surface area (Å²) in [5.74, 6) is 0.941. The molecule has 0 saturated carbocycles. The zero-order chi connectivity index (χ0) is 13.3. The minimum absolute atomic E-state index is 0.00171. The van der Waals surface area contributed by atoms with Gasteiger partial charge in [-0.25, -0.2) is 0 Å². The smallest absolute Gasteiger partial charge is 0.262 e. The summed E-state index contributed by atoms with van der Waals surface area (Å²) >= 11 is 5.28. The molecule has 3 nitrogen and oxygen atoms in total. The lowest BCUT2D eigenvalue weighted by atomic mass is 9.98. The van der Waals surface area contributed by atoms with Crippen LogP contribution >= 0.6 is 12.2 Å². The molecule has 1 N–H and O–H groups in total. The maximum atomic E-state index is 12.4. The van der Waals surface area contributed by atoms with Crippen molar-refractivity contribution < 1.29 is 0 Å². The van der Waals surface area contributed by atoms with Crippen molar-refractivity contribution in [2.45, 2.75) is 27.3 Å². The van der Waals surface area contributed by atoms with Gasteiger partial charge < -0.3 is 4.98 Å². The molecule has 0 spiro atoms. The van der Waals surface area contributed by atoms with Crippen LogP contribution in [0.3, 0.4) is 0 Å². The minimum atomic E-state index is 0.00171. The molecule has 0 aliphatic rings. The van der Waals surface area contributed by atoms with Gasteiger partial charge in [0.05, 0.1) is 10.9 Å². The fraction of sp³-hybridized carbons (Fsp3) is 0.429. The van der Waals surface area contributed by atoms with Crippen LogP contribution in [-0.4, -0.2) is 9.55 Å². The van der Waals surface area contributed by atoms with Gasteiger partial charge in [0.15, 0.2) is 4.77 Å². The Labute approximate surface area is 111 Å². The van der Waals surface area contributed by atoms with E-state index in [1.54, 1.807) is 4.57 Å². The lowest BCUT2D eigenvalue weighted by Gasteiger charge is -2.17. The van der Waals surface area contributed by atoms with E-state index < -0.39 is 0 Å². The average Bonchev–Trinajstić information content (AvgIpc) is 2.34. The molecule has 0 saturated heterocycles. The predicted molar refractivity (Wildman–Crippen MR) is 77.4 cm³/mol. The second-order valence-corrected chi connectivity index (χ2v) is 5.50. The molecular formula is C14H18N2OS. The highest BCUT2D eigenvalue weighted by atomic mass is 32.1. The largest absolute Gasteiger partial charge is 0.332 e. The Balaban J connectivity index is 2.58. The van der Waals surface area contributed by atoms with Crippen LogP contribution in [-0.2, 0) is 6.54 Å². The third-order valence-electron chi connectivity index (χ3n) is 3.50. The summed E-state index contributed by atoms with van der Waals surface area (Å²) in [6.45, 7) is 7.12. The Morgan fingerprint density at radius 1 is 1.28 bits per heavy atom. The van der Waals surface area contributed by atoms with Crippen molar-refractivity contribution in [2.75, 3.05) is 0 Å². The van der Waals surface area contributed by atoms with Crippen LogP contribution in [0.5, 0.6) is 0 Å². The fourth-order valence-electron chi connectivity index (χ4n) is 1.86. The molecule has 0 aliphatic heterocycles. The molecule has 1 atom stereocenters. The van der Waals surface area contributed by atoms with E-state index in [0.717, 1.165) is 5.52 Å². The van der Waals surface area contributed by atoms with Crippen LogP contribution < -0.4 is 5.56 Å². The van der Waals surface area contributed by atoms with E-state index in [-0.39, 0.29) is 5.56 Å². The van der Waals surface area contributed by atoms with E-state index in [1.807, 2.05) is 24.3 Å². The summed E-state index contributed by atoms with van der Waals surface area (Å²) in [6, 6.07) is 7.48. The molecule has 1 aromatic heterocycles. The normalized spacial score (nSPS) is 13.1. The third kappa shape index (κ3) is 2.38. The van der Waals surface area contributed by atoms with Crippen LogP contribution in [0.25, 0.3) is 10.9 Å². The van der Waals surface area contributed by atoms with Crippen molar-refractivity contribution >= 4 is 23.1 Å². The standard InChI is InChI=1S/C14H18N2OS/c1-9(2)10(3)8-16-13(17)11-6-4-5-7-12(11)15-14(16)18/h4-7,9-10H,8H2,1-3H3,(H,15,18). The molecule has 1 unspecified atom stereocenters. The maximum Gasteiger partial charge on any atom is 0.262 e. The quantitative estimate of drug-likeness (QED) is 0.861. The maximum absolute atomic E-state index is 12.4. The number of nitrogens with one attached hydrogen (secondary N) is 1. The number of aromatic amines is 1. The lowest BCUT2D eigenvalue weighted by molar-refractivity contribution is 0.357. The van der Waals surface area contributed by atoms with Crippen molar-refractivity contribution in [2.24, 2.45) is 11.8 Å². The van der Waals surface area contributed by atoms with Crippen molar-refractivity contribution in [3.8, 4) is 0 Å². The molecule has 18 heavy (non-hydrogen) atoms. The highest BCUT2D eigenvalue weighted by molar-refractivity contribution is 7.71. The second-order valence-electron chi connectivity index (χ2n) is 5.11. The second kappa shape index (κ2) is 5.06. The van der Waals surface area contributed by atoms with E-state index in [9.17, 15) is 4.79 Å². The first-order chi connectivity index (χ1) is 8.50. The monoisotopic (exact) mass is 262 g/mol. The first-order valence-corrected chi connectivity index (χ1v) is 6.63. The van der Waals surface area contributed by atoms with E-state index in [0.29, 0.717) is 28.5 Å². The Hall–Kier alpha value is -1.42. The van der Waals surface area contributed by atoms with Crippen molar-refractivity contribution in [1.82, 2.24) is 9.55 Å². The van der Waals surface area contributed by atoms with Crippen LogP contribution in [0.4, 0.5) is 0 Å². The zero-order valence-corrected chi connectivity index (χ0v) is 11.8. The lowest BCUT2D eigenvalue weighted by Crippen LogP contribution is -2.26. The minimum Gasteiger partial charge on any atom is -0.332 e. The van der Waals surface area contributed by atoms with Crippen molar-refractivity contribution in [3.63, 3.8) is 0 Å². The molecule has 0 radical (unpaired) electrons. The Morgan fingerprint density at radius 2 is 1.94 bits per heavy atom. The molecule has 2 aromatic rings. The molecule has 1 heterocycles. The highest BCUT2D eigenvalue weighted by Gasteiger charge is 2.11. The van der Waals surface area contributed by atoms with E-state index in [2.05, 4.69) is 25.8 Å². The van der Waals surface area contributed by atoms with E-state index in [1.165, 1.54) is 0 Å². The number of para-hydroxylation sites is 1. The number of benzene rings is 1. The first kappa shape index (κ1) is 13.0. The van der Waals surface area contributed by atoms with E-state index in [4.69, 9.17) is 12.2 Å². The summed E-state index contributed by atoms with van der Waals surface area (Å²) in [5.41, 5.74) is 0.808. The van der Waals surface area contributed by atoms with Crippen LogP contribution in [0.1, 0.15) is 20.8 Å². The zero-order valence-electron chi connectivity index (χ0n) is 10.9. The molecule has 0 bridgehead atoms. The van der Waals surface area contributed by atoms with Gasteiger partial charge in [0.2, 0.25) is 0 Å². The van der Waals surface area contributed by atoms with Crippen molar-refractivity contribution in [3.05, 3.63) is 39.4 Å². The molecule has 4 heteroatoms. The van der Waals surface area contributed by atoms with Crippen LogP contribution in [0.15, 0.2) is 29.1 Å². The average molecular weight is 262 g/mol. The number of hydrogen-bond donors (Lipinski definition) is 1. The first-order valence-electron chi connectivity index (χ1n) is 6.22. The number of nitrogens with zero attached hydrogens (tertiary/aromatic N) is 1. The Bertz CT molecular complexity index is 669. The fourth-order valence-corrected chi connectivity index (χ4v) is 2.13. The number of aromatic nitrogens is 2. The van der Waals surface area contributed by atoms with Gasteiger partial charge in [0.25, 0.3) is 5.56 Å². The molecule has 0 fully saturated rings. The van der Waals surface area contributed by atoms with Gasteiger partial charge in [0, 0.05) is 6.54 Å². The van der Waals surface area contributed by atoms with Gasteiger partial charge in [-0.05, 0) is 36.2 Å². The number of hydrogen-bond acceptors (Lipinski definition) is 2. The molecular weight excluding hydrogens is 244 g/mol. The highest BCUT2D eigenvalue weighted by Crippen LogP contribution is 2.13. The van der Waals surface area contributed by atoms with Gasteiger partial charge in [-0.3, -0.25) is 9.36 Å². The number of rotatable bonds is 3. The number of H-pyrrole nitrogens is 1. The third-order valence-corrected chi connectivity index (χ3v) is 3.82. The summed E-state index contributed by atoms with van der Waals surface area (Å²) in [4.78, 5) is 15.5. The molecule has 96 valence electrons. The molecule has 0 aliphatic carbocycles. The van der Waals surface area contributed by atoms with Crippen LogP contribution in [0.2, 0.25) is 0 Å². The molecule has 2 rings (SSSR count). The van der Waals surface area contributed by atoms with Crippen LogP contribution in [0, 0.1) is 16.6 Å². The van der Waals surface area contributed by atoms with E-state index >= 15 is 0 Å².